The number of pyridine rings is 1. The third kappa shape index (κ3) is 1.74. The lowest BCUT2D eigenvalue weighted by atomic mass is 10.3. The Hall–Kier alpha value is -1.38. The summed E-state index contributed by atoms with van der Waals surface area (Å²) in [4.78, 5) is 18.2. The molecule has 0 saturated heterocycles. The molecule has 0 N–H and O–H groups in total. The van der Waals surface area contributed by atoms with Gasteiger partial charge in [-0.2, -0.15) is 0 Å². The molecule has 15 heavy (non-hydrogen) atoms. The molecule has 1 amide bonds. The number of nitrogens with zero attached hydrogens (tertiary/aromatic N) is 2. The molecule has 2 aliphatic rings. The van der Waals surface area contributed by atoms with E-state index in [-0.39, 0.29) is 11.8 Å². The standard InChI is InChI=1S/C12H13N2O/c15-12(9-4-5-9)14(10-6-7-10)11-3-1-2-8-13-11/h1-4,8-10H,5-7H2. The first-order chi connectivity index (χ1) is 7.36. The van der Waals surface area contributed by atoms with Crippen LogP contribution in [0.15, 0.2) is 24.4 Å². The summed E-state index contributed by atoms with van der Waals surface area (Å²) in [7, 11) is 0. The van der Waals surface area contributed by atoms with Gasteiger partial charge in [-0.15, -0.1) is 0 Å². The van der Waals surface area contributed by atoms with Crippen LogP contribution in [0.5, 0.6) is 0 Å². The minimum Gasteiger partial charge on any atom is -0.293 e. The fourth-order valence-electron chi connectivity index (χ4n) is 1.76. The first-order valence-corrected chi connectivity index (χ1v) is 5.44. The second-order valence-electron chi connectivity index (χ2n) is 4.21. The molecule has 2 fully saturated rings. The van der Waals surface area contributed by atoms with Crippen molar-refractivity contribution in [3.63, 3.8) is 0 Å². The van der Waals surface area contributed by atoms with Crippen LogP contribution in [0.1, 0.15) is 19.3 Å². The highest BCUT2D eigenvalue weighted by Crippen LogP contribution is 2.37. The van der Waals surface area contributed by atoms with E-state index in [4.69, 9.17) is 0 Å². The van der Waals surface area contributed by atoms with Crippen LogP contribution in [-0.4, -0.2) is 16.9 Å². The fourth-order valence-corrected chi connectivity index (χ4v) is 1.76. The predicted octanol–water partition coefficient (Wildman–Crippen LogP) is 1.80. The normalized spacial score (nSPS) is 20.0. The quantitative estimate of drug-likeness (QED) is 0.747. The van der Waals surface area contributed by atoms with E-state index in [0.29, 0.717) is 6.04 Å². The minimum absolute atomic E-state index is 0.160. The molecule has 1 aromatic heterocycles. The second-order valence-corrected chi connectivity index (χ2v) is 4.21. The molecule has 0 aliphatic heterocycles. The van der Waals surface area contributed by atoms with Crippen LogP contribution in [0.4, 0.5) is 5.82 Å². The van der Waals surface area contributed by atoms with Gasteiger partial charge in [-0.1, -0.05) is 6.07 Å². The predicted molar refractivity (Wildman–Crippen MR) is 57.2 cm³/mol. The zero-order valence-electron chi connectivity index (χ0n) is 8.47. The molecular formula is C12H13N2O. The average molecular weight is 201 g/mol. The van der Waals surface area contributed by atoms with Gasteiger partial charge in [0, 0.05) is 18.2 Å². The van der Waals surface area contributed by atoms with E-state index in [9.17, 15) is 4.79 Å². The first-order valence-electron chi connectivity index (χ1n) is 5.44. The Balaban J connectivity index is 1.87. The number of carbonyl (C=O) groups excluding carboxylic acids is 1. The number of hydrogen-bond donors (Lipinski definition) is 0. The highest BCUT2D eigenvalue weighted by Gasteiger charge is 2.41. The molecule has 3 rings (SSSR count). The first kappa shape index (κ1) is 8.89. The van der Waals surface area contributed by atoms with Crippen molar-refractivity contribution in [1.82, 2.24) is 4.98 Å². The van der Waals surface area contributed by atoms with E-state index < -0.39 is 0 Å². The van der Waals surface area contributed by atoms with Crippen LogP contribution >= 0.6 is 0 Å². The summed E-state index contributed by atoms with van der Waals surface area (Å²) in [5, 5.41) is 0. The Morgan fingerprint density at radius 1 is 1.40 bits per heavy atom. The Kier molecular flexibility index (Phi) is 1.97. The van der Waals surface area contributed by atoms with Gasteiger partial charge in [0.05, 0.1) is 0 Å². The van der Waals surface area contributed by atoms with Crippen molar-refractivity contribution >= 4 is 11.7 Å². The maximum absolute atomic E-state index is 12.0. The summed E-state index contributed by atoms with van der Waals surface area (Å²) >= 11 is 0. The average Bonchev–Trinajstić information content (AvgIpc) is 3.13. The maximum Gasteiger partial charge on any atom is 0.231 e. The Bertz CT molecular complexity index is 368. The molecule has 1 aromatic rings. The smallest absolute Gasteiger partial charge is 0.231 e. The number of carbonyl (C=O) groups is 1. The fraction of sp³-hybridized carbons (Fsp3) is 0.417. The SMILES string of the molecule is O=C(C1[CH]C1)N(c1ccccn1)C1CC1. The van der Waals surface area contributed by atoms with Crippen molar-refractivity contribution in [2.75, 3.05) is 4.90 Å². The summed E-state index contributed by atoms with van der Waals surface area (Å²) in [6.07, 6.45) is 6.98. The van der Waals surface area contributed by atoms with Gasteiger partial charge in [0.15, 0.2) is 0 Å². The van der Waals surface area contributed by atoms with E-state index >= 15 is 0 Å². The molecule has 3 heteroatoms. The zero-order chi connectivity index (χ0) is 10.3. The van der Waals surface area contributed by atoms with Crippen LogP contribution < -0.4 is 4.90 Å². The molecule has 0 spiro atoms. The van der Waals surface area contributed by atoms with Crippen molar-refractivity contribution in [2.24, 2.45) is 5.92 Å². The highest BCUT2D eigenvalue weighted by molar-refractivity contribution is 5.97. The van der Waals surface area contributed by atoms with Crippen LogP contribution in [0.3, 0.4) is 0 Å². The van der Waals surface area contributed by atoms with Gasteiger partial charge in [-0.3, -0.25) is 9.69 Å². The van der Waals surface area contributed by atoms with E-state index in [1.54, 1.807) is 6.20 Å². The lowest BCUT2D eigenvalue weighted by molar-refractivity contribution is -0.119. The van der Waals surface area contributed by atoms with E-state index in [0.717, 1.165) is 25.1 Å². The zero-order valence-corrected chi connectivity index (χ0v) is 8.47. The molecule has 1 unspecified atom stereocenters. The monoisotopic (exact) mass is 201 g/mol. The van der Waals surface area contributed by atoms with Crippen LogP contribution in [0.25, 0.3) is 0 Å². The number of aromatic nitrogens is 1. The molecule has 0 aromatic carbocycles. The van der Waals surface area contributed by atoms with Crippen LogP contribution in [0.2, 0.25) is 0 Å². The Labute approximate surface area is 89.1 Å². The van der Waals surface area contributed by atoms with Gasteiger partial charge < -0.3 is 0 Å². The minimum atomic E-state index is 0.160. The van der Waals surface area contributed by atoms with Crippen molar-refractivity contribution in [3.8, 4) is 0 Å². The largest absolute Gasteiger partial charge is 0.293 e. The maximum atomic E-state index is 12.0. The molecule has 77 valence electrons. The molecule has 2 aliphatic carbocycles. The van der Waals surface area contributed by atoms with Crippen molar-refractivity contribution < 1.29 is 4.79 Å². The third-order valence-corrected chi connectivity index (χ3v) is 2.83. The lowest BCUT2D eigenvalue weighted by Crippen LogP contribution is -2.34. The van der Waals surface area contributed by atoms with Crippen LogP contribution in [0, 0.1) is 12.3 Å². The summed E-state index contributed by atoms with van der Waals surface area (Å²) < 4.78 is 0. The number of anilines is 1. The molecular weight excluding hydrogens is 188 g/mol. The van der Waals surface area contributed by atoms with Crippen molar-refractivity contribution in [1.29, 1.82) is 0 Å². The van der Waals surface area contributed by atoms with Crippen molar-refractivity contribution in [3.05, 3.63) is 30.8 Å². The van der Waals surface area contributed by atoms with Gasteiger partial charge in [0.2, 0.25) is 5.91 Å². The third-order valence-electron chi connectivity index (χ3n) is 2.83. The molecule has 0 bridgehead atoms. The Morgan fingerprint density at radius 2 is 2.20 bits per heavy atom. The Morgan fingerprint density at radius 3 is 2.73 bits per heavy atom. The van der Waals surface area contributed by atoms with Gasteiger partial charge in [0.25, 0.3) is 0 Å². The van der Waals surface area contributed by atoms with E-state index in [2.05, 4.69) is 11.4 Å². The molecule has 1 heterocycles. The second kappa shape index (κ2) is 3.33. The number of hydrogen-bond acceptors (Lipinski definition) is 2. The van der Waals surface area contributed by atoms with Gasteiger partial charge in [0.1, 0.15) is 5.82 Å². The number of amides is 1. The van der Waals surface area contributed by atoms with E-state index in [1.165, 1.54) is 0 Å². The summed E-state index contributed by atoms with van der Waals surface area (Å²) in [5.41, 5.74) is 0. The van der Waals surface area contributed by atoms with Crippen molar-refractivity contribution in [2.45, 2.75) is 25.3 Å². The van der Waals surface area contributed by atoms with Gasteiger partial charge in [-0.25, -0.2) is 4.98 Å². The molecule has 3 nitrogen and oxygen atoms in total. The highest BCUT2D eigenvalue weighted by atomic mass is 16.2. The molecule has 1 radical (unpaired) electrons. The lowest BCUT2D eigenvalue weighted by Gasteiger charge is -2.20. The topological polar surface area (TPSA) is 33.2 Å². The summed E-state index contributed by atoms with van der Waals surface area (Å²) in [6.45, 7) is 0. The molecule has 2 saturated carbocycles. The van der Waals surface area contributed by atoms with Gasteiger partial charge in [-0.05, 0) is 37.8 Å². The molecule has 1 atom stereocenters. The summed E-state index contributed by atoms with van der Waals surface area (Å²) in [5.74, 6) is 1.20. The number of rotatable bonds is 3. The van der Waals surface area contributed by atoms with Gasteiger partial charge >= 0.3 is 0 Å². The van der Waals surface area contributed by atoms with E-state index in [1.807, 2.05) is 23.1 Å². The summed E-state index contributed by atoms with van der Waals surface area (Å²) in [6, 6.07) is 6.13. The van der Waals surface area contributed by atoms with Crippen LogP contribution in [-0.2, 0) is 4.79 Å².